The van der Waals surface area contributed by atoms with Crippen LogP contribution in [-0.4, -0.2) is 15.5 Å². The van der Waals surface area contributed by atoms with Crippen molar-refractivity contribution in [2.24, 2.45) is 0 Å². The molecule has 1 N–H and O–H groups in total. The van der Waals surface area contributed by atoms with Crippen LogP contribution in [-0.2, 0) is 16.3 Å². The molecule has 80 valence electrons. The van der Waals surface area contributed by atoms with Gasteiger partial charge in [0.15, 0.2) is 11.5 Å². The van der Waals surface area contributed by atoms with E-state index in [2.05, 4.69) is 11.6 Å². The number of carbonyl (C=O) groups excluding carboxylic acids is 1. The minimum atomic E-state index is -0.497. The molecule has 6 heteroatoms. The van der Waals surface area contributed by atoms with Crippen LogP contribution in [0.3, 0.4) is 0 Å². The molecule has 0 aliphatic heterocycles. The van der Waals surface area contributed by atoms with Gasteiger partial charge in [-0.05, 0) is 19.1 Å². The summed E-state index contributed by atoms with van der Waals surface area (Å²) in [5.74, 6) is -0.497. The highest BCUT2D eigenvalue weighted by Gasteiger charge is 2.02. The number of ether oxygens (including phenoxy) is 1. The van der Waals surface area contributed by atoms with Crippen molar-refractivity contribution in [3.8, 4) is 0 Å². The van der Waals surface area contributed by atoms with E-state index in [1.165, 1.54) is 16.8 Å². The molecule has 0 aliphatic carbocycles. The number of rotatable bonds is 3. The minimum Gasteiger partial charge on any atom is -0.440 e. The van der Waals surface area contributed by atoms with Gasteiger partial charge in [-0.1, -0.05) is 6.58 Å². The van der Waals surface area contributed by atoms with Crippen molar-refractivity contribution in [1.29, 1.82) is 0 Å². The number of carbonyl (C=O) groups is 1. The van der Waals surface area contributed by atoms with E-state index in [0.29, 0.717) is 5.57 Å². The fourth-order valence-corrected chi connectivity index (χ4v) is 1.01. The molecule has 0 saturated heterocycles. The molecule has 1 aromatic rings. The van der Waals surface area contributed by atoms with Crippen molar-refractivity contribution in [3.05, 3.63) is 39.5 Å². The van der Waals surface area contributed by atoms with Crippen molar-refractivity contribution < 1.29 is 9.53 Å². The predicted molar refractivity (Wildman–Crippen MR) is 56.8 cm³/mol. The van der Waals surface area contributed by atoms with Crippen LogP contribution in [0, 0.1) is 4.77 Å². The van der Waals surface area contributed by atoms with E-state index in [4.69, 9.17) is 17.0 Å². The van der Waals surface area contributed by atoms with Gasteiger partial charge in [-0.15, -0.1) is 0 Å². The van der Waals surface area contributed by atoms with E-state index >= 15 is 0 Å². The van der Waals surface area contributed by atoms with Gasteiger partial charge in [-0.2, -0.15) is 0 Å². The number of nitrogens with zero attached hydrogens (tertiary/aromatic N) is 1. The molecule has 0 fully saturated rings. The summed E-state index contributed by atoms with van der Waals surface area (Å²) in [6.07, 6.45) is 1.45. The van der Waals surface area contributed by atoms with Gasteiger partial charge in [0.05, 0.1) is 0 Å². The van der Waals surface area contributed by atoms with Crippen LogP contribution < -0.4 is 5.56 Å². The molecule has 0 bridgehead atoms. The molecule has 0 saturated carbocycles. The van der Waals surface area contributed by atoms with Gasteiger partial charge in [-0.3, -0.25) is 14.3 Å². The number of aromatic amines is 1. The minimum absolute atomic E-state index is 0.0404. The molecular weight excluding hydrogens is 216 g/mol. The van der Waals surface area contributed by atoms with Gasteiger partial charge in [0.25, 0.3) is 5.56 Å². The Morgan fingerprint density at radius 1 is 1.73 bits per heavy atom. The first-order valence-electron chi connectivity index (χ1n) is 4.13. The second kappa shape index (κ2) is 4.70. The van der Waals surface area contributed by atoms with Gasteiger partial charge in [-0.25, -0.2) is 4.79 Å². The number of H-pyrrole nitrogens is 1. The Hall–Kier alpha value is -1.69. The maximum atomic E-state index is 11.1. The number of esters is 1. The zero-order valence-electron chi connectivity index (χ0n) is 8.15. The van der Waals surface area contributed by atoms with Gasteiger partial charge in [0, 0.05) is 17.8 Å². The summed E-state index contributed by atoms with van der Waals surface area (Å²) in [6.45, 7) is 4.95. The fourth-order valence-electron chi connectivity index (χ4n) is 0.797. The average molecular weight is 226 g/mol. The van der Waals surface area contributed by atoms with E-state index < -0.39 is 5.97 Å². The average Bonchev–Trinajstić information content (AvgIpc) is 2.15. The molecule has 0 spiro atoms. The Labute approximate surface area is 91.0 Å². The summed E-state index contributed by atoms with van der Waals surface area (Å²) in [7, 11) is 0. The number of aromatic nitrogens is 2. The molecule has 0 unspecified atom stereocenters. The molecule has 15 heavy (non-hydrogen) atoms. The highest BCUT2D eigenvalue weighted by molar-refractivity contribution is 7.71. The molecule has 5 nitrogen and oxygen atoms in total. The van der Waals surface area contributed by atoms with Crippen molar-refractivity contribution in [2.75, 3.05) is 0 Å². The topological polar surface area (TPSA) is 64.1 Å². The zero-order chi connectivity index (χ0) is 11.4. The summed E-state index contributed by atoms with van der Waals surface area (Å²) in [4.78, 5) is 24.3. The third-order valence-corrected chi connectivity index (χ3v) is 1.92. The maximum Gasteiger partial charge on any atom is 0.334 e. The largest absolute Gasteiger partial charge is 0.440 e. The summed E-state index contributed by atoms with van der Waals surface area (Å²) < 4.78 is 6.48. The van der Waals surface area contributed by atoms with Gasteiger partial charge >= 0.3 is 5.97 Å². The Morgan fingerprint density at radius 2 is 2.40 bits per heavy atom. The van der Waals surface area contributed by atoms with E-state index in [0.717, 1.165) is 0 Å². The first kappa shape index (κ1) is 11.4. The lowest BCUT2D eigenvalue weighted by molar-refractivity contribution is -0.142. The summed E-state index contributed by atoms with van der Waals surface area (Å²) in [5.41, 5.74) is 0.0217. The van der Waals surface area contributed by atoms with E-state index in [9.17, 15) is 9.59 Å². The van der Waals surface area contributed by atoms with Crippen molar-refractivity contribution in [2.45, 2.75) is 13.7 Å². The van der Waals surface area contributed by atoms with Crippen molar-refractivity contribution in [1.82, 2.24) is 9.55 Å². The molecule has 1 rings (SSSR count). The maximum absolute atomic E-state index is 11.1. The lowest BCUT2D eigenvalue weighted by Gasteiger charge is -2.06. The Kier molecular flexibility index (Phi) is 3.56. The quantitative estimate of drug-likeness (QED) is 0.474. The third-order valence-electron chi connectivity index (χ3n) is 1.58. The van der Waals surface area contributed by atoms with Crippen LogP contribution in [0.1, 0.15) is 6.92 Å². The van der Waals surface area contributed by atoms with Crippen LogP contribution in [0.2, 0.25) is 0 Å². The standard InChI is InChI=1S/C9H10N2O3S/c1-6(2)8(13)14-5-11-4-3-7(12)10-9(11)15/h3-4H,1,5H2,2H3,(H,10,12,15). The second-order valence-corrected chi connectivity index (χ2v) is 3.31. The Balaban J connectivity index is 2.75. The first-order chi connectivity index (χ1) is 7.00. The van der Waals surface area contributed by atoms with Crippen LogP contribution in [0.5, 0.6) is 0 Å². The lowest BCUT2D eigenvalue weighted by atomic mass is 10.4. The van der Waals surface area contributed by atoms with Crippen LogP contribution in [0.25, 0.3) is 0 Å². The number of nitrogens with one attached hydrogen (secondary N) is 1. The lowest BCUT2D eigenvalue weighted by Crippen LogP contribution is -2.15. The molecule has 0 radical (unpaired) electrons. The van der Waals surface area contributed by atoms with Crippen molar-refractivity contribution in [3.63, 3.8) is 0 Å². The van der Waals surface area contributed by atoms with Crippen LogP contribution in [0.15, 0.2) is 29.2 Å². The predicted octanol–water partition coefficient (Wildman–Crippen LogP) is 0.983. The molecule has 0 aromatic carbocycles. The number of hydrogen-bond donors (Lipinski definition) is 1. The summed E-state index contributed by atoms with van der Waals surface area (Å²) >= 11 is 4.85. The third kappa shape index (κ3) is 3.17. The summed E-state index contributed by atoms with van der Waals surface area (Å²) in [6, 6.07) is 1.30. The highest BCUT2D eigenvalue weighted by Crippen LogP contribution is 1.95. The molecular formula is C9H10N2O3S. The number of hydrogen-bond acceptors (Lipinski definition) is 4. The van der Waals surface area contributed by atoms with E-state index in [1.807, 2.05) is 0 Å². The molecule has 0 aliphatic rings. The van der Waals surface area contributed by atoms with Crippen molar-refractivity contribution >= 4 is 18.2 Å². The second-order valence-electron chi connectivity index (χ2n) is 2.92. The highest BCUT2D eigenvalue weighted by atomic mass is 32.1. The fraction of sp³-hybridized carbons (Fsp3) is 0.222. The normalized spacial score (nSPS) is 9.67. The first-order valence-corrected chi connectivity index (χ1v) is 4.54. The Morgan fingerprint density at radius 3 is 2.93 bits per heavy atom. The smallest absolute Gasteiger partial charge is 0.334 e. The molecule has 0 amide bonds. The van der Waals surface area contributed by atoms with Gasteiger partial charge < -0.3 is 4.74 Å². The van der Waals surface area contributed by atoms with Gasteiger partial charge in [0.2, 0.25) is 0 Å². The van der Waals surface area contributed by atoms with Crippen LogP contribution >= 0.6 is 12.2 Å². The van der Waals surface area contributed by atoms with E-state index in [1.54, 1.807) is 6.92 Å². The monoisotopic (exact) mass is 226 g/mol. The molecule has 0 atom stereocenters. The van der Waals surface area contributed by atoms with E-state index in [-0.39, 0.29) is 17.1 Å². The summed E-state index contributed by atoms with van der Waals surface area (Å²) in [5, 5.41) is 0. The SMILES string of the molecule is C=C(C)C(=O)OCn1ccc(=O)[nH]c1=S. The van der Waals surface area contributed by atoms with Crippen LogP contribution in [0.4, 0.5) is 0 Å². The Bertz CT molecular complexity index is 501. The molecule has 1 heterocycles. The van der Waals surface area contributed by atoms with Gasteiger partial charge in [0.1, 0.15) is 0 Å². The zero-order valence-corrected chi connectivity index (χ0v) is 8.97. The molecule has 1 aromatic heterocycles.